The van der Waals surface area contributed by atoms with Crippen LogP contribution in [0.1, 0.15) is 17.2 Å². The monoisotopic (exact) mass is 288 g/mol. The number of alkyl halides is 3. The van der Waals surface area contributed by atoms with Crippen molar-refractivity contribution in [2.75, 3.05) is 0 Å². The highest BCUT2D eigenvalue weighted by atomic mass is 19.4. The zero-order valence-corrected chi connectivity index (χ0v) is 10.9. The molecular weight excluding hydrogens is 277 g/mol. The van der Waals surface area contributed by atoms with Crippen LogP contribution in [0.5, 0.6) is 0 Å². The Balaban J connectivity index is 1.94. The second-order valence-electron chi connectivity index (χ2n) is 4.76. The van der Waals surface area contributed by atoms with E-state index in [-0.39, 0.29) is 0 Å². The van der Waals surface area contributed by atoms with Crippen LogP contribution in [0.25, 0.3) is 0 Å². The van der Waals surface area contributed by atoms with Crippen molar-refractivity contribution in [3.05, 3.63) is 71.8 Å². The quantitative estimate of drug-likeness (QED) is 0.568. The van der Waals surface area contributed by atoms with Crippen LogP contribution in [0.4, 0.5) is 13.2 Å². The van der Waals surface area contributed by atoms with Gasteiger partial charge in [0.25, 0.3) is 5.60 Å². The number of rotatable bonds is 1. The minimum Gasteiger partial charge on any atom is -0.339 e. The van der Waals surface area contributed by atoms with Crippen molar-refractivity contribution in [3.8, 4) is 11.8 Å². The lowest BCUT2D eigenvalue weighted by Crippen LogP contribution is -2.32. The van der Waals surface area contributed by atoms with Gasteiger partial charge in [-0.2, -0.15) is 13.2 Å². The summed E-state index contributed by atoms with van der Waals surface area (Å²) in [5.74, 6) is 4.84. The van der Waals surface area contributed by atoms with E-state index in [4.69, 9.17) is 4.74 Å². The summed E-state index contributed by atoms with van der Waals surface area (Å²) in [6.07, 6.45) is -5.59. The Hall–Kier alpha value is -2.25. The van der Waals surface area contributed by atoms with Crippen LogP contribution < -0.4 is 0 Å². The Kier molecular flexibility index (Phi) is 3.23. The van der Waals surface area contributed by atoms with E-state index < -0.39 is 17.9 Å². The van der Waals surface area contributed by atoms with E-state index in [0.717, 1.165) is 0 Å². The van der Waals surface area contributed by atoms with Gasteiger partial charge in [0.05, 0.1) is 0 Å². The van der Waals surface area contributed by atoms with Gasteiger partial charge in [-0.05, 0) is 23.6 Å². The van der Waals surface area contributed by atoms with Gasteiger partial charge in [0, 0.05) is 5.56 Å². The van der Waals surface area contributed by atoms with E-state index in [1.165, 1.54) is 0 Å². The Morgan fingerprint density at radius 3 is 2.05 bits per heavy atom. The Morgan fingerprint density at radius 2 is 1.48 bits per heavy atom. The average Bonchev–Trinajstić information content (AvgIpc) is 3.23. The standard InChI is InChI=1S/C17H11F3O/c18-17(19,20)16(12-11-13-7-3-1-4-8-13)15(21-16)14-9-5-2-6-10-14/h1-10,15H. The molecule has 3 rings (SSSR count). The highest BCUT2D eigenvalue weighted by Gasteiger charge is 2.73. The highest BCUT2D eigenvalue weighted by molar-refractivity contribution is 5.43. The fraction of sp³-hybridized carbons (Fsp3) is 0.176. The number of hydrogen-bond acceptors (Lipinski definition) is 1. The largest absolute Gasteiger partial charge is 0.431 e. The average molecular weight is 288 g/mol. The van der Waals surface area contributed by atoms with Crippen molar-refractivity contribution in [2.24, 2.45) is 0 Å². The Bertz CT molecular complexity index is 683. The predicted molar refractivity (Wildman–Crippen MR) is 72.4 cm³/mol. The lowest BCUT2D eigenvalue weighted by molar-refractivity contribution is -0.167. The molecular formula is C17H11F3O. The fourth-order valence-electron chi connectivity index (χ4n) is 2.15. The van der Waals surface area contributed by atoms with Gasteiger partial charge >= 0.3 is 6.18 Å². The first-order chi connectivity index (χ1) is 10.0. The van der Waals surface area contributed by atoms with Crippen LogP contribution in [0.2, 0.25) is 0 Å². The molecule has 2 unspecified atom stereocenters. The van der Waals surface area contributed by atoms with Crippen LogP contribution in [0.15, 0.2) is 60.7 Å². The molecule has 1 fully saturated rings. The zero-order valence-electron chi connectivity index (χ0n) is 10.9. The molecule has 21 heavy (non-hydrogen) atoms. The molecule has 1 aliphatic heterocycles. The first-order valence-electron chi connectivity index (χ1n) is 6.41. The van der Waals surface area contributed by atoms with Gasteiger partial charge in [0.2, 0.25) is 0 Å². The van der Waals surface area contributed by atoms with Gasteiger partial charge in [0.15, 0.2) is 0 Å². The smallest absolute Gasteiger partial charge is 0.339 e. The molecule has 0 N–H and O–H groups in total. The van der Waals surface area contributed by atoms with Crippen molar-refractivity contribution < 1.29 is 17.9 Å². The van der Waals surface area contributed by atoms with Gasteiger partial charge in [0.1, 0.15) is 6.10 Å². The summed E-state index contributed by atoms with van der Waals surface area (Å²) < 4.78 is 44.9. The van der Waals surface area contributed by atoms with Crippen molar-refractivity contribution in [3.63, 3.8) is 0 Å². The van der Waals surface area contributed by atoms with Crippen LogP contribution >= 0.6 is 0 Å². The van der Waals surface area contributed by atoms with E-state index >= 15 is 0 Å². The van der Waals surface area contributed by atoms with Gasteiger partial charge < -0.3 is 4.74 Å². The molecule has 1 aliphatic rings. The third-order valence-electron chi connectivity index (χ3n) is 3.31. The molecule has 1 saturated heterocycles. The molecule has 4 heteroatoms. The van der Waals surface area contributed by atoms with Crippen LogP contribution in [-0.4, -0.2) is 11.8 Å². The maximum Gasteiger partial charge on any atom is 0.431 e. The summed E-state index contributed by atoms with van der Waals surface area (Å²) >= 11 is 0. The van der Waals surface area contributed by atoms with Crippen LogP contribution in [-0.2, 0) is 4.74 Å². The molecule has 0 spiro atoms. The predicted octanol–water partition coefficient (Wildman–Crippen LogP) is 4.11. The highest BCUT2D eigenvalue weighted by Crippen LogP contribution is 2.58. The Morgan fingerprint density at radius 1 is 0.905 bits per heavy atom. The number of hydrogen-bond donors (Lipinski definition) is 0. The molecule has 0 aromatic heterocycles. The normalized spacial score (nSPS) is 24.0. The molecule has 0 saturated carbocycles. The first-order valence-corrected chi connectivity index (χ1v) is 6.41. The fourth-order valence-corrected chi connectivity index (χ4v) is 2.15. The molecule has 0 aliphatic carbocycles. The number of ether oxygens (including phenoxy) is 1. The molecule has 106 valence electrons. The number of benzene rings is 2. The molecule has 2 atom stereocenters. The van der Waals surface area contributed by atoms with Crippen LogP contribution in [0, 0.1) is 11.8 Å². The molecule has 0 radical (unpaired) electrons. The van der Waals surface area contributed by atoms with Gasteiger partial charge in [-0.15, -0.1) is 0 Å². The number of epoxide rings is 1. The van der Waals surface area contributed by atoms with E-state index in [9.17, 15) is 13.2 Å². The van der Waals surface area contributed by atoms with Gasteiger partial charge in [-0.25, -0.2) is 0 Å². The maximum atomic E-state index is 13.3. The molecule has 2 aromatic carbocycles. The van der Waals surface area contributed by atoms with Gasteiger partial charge in [-0.3, -0.25) is 0 Å². The SMILES string of the molecule is FC(F)(F)C1(C#Cc2ccccc2)OC1c1ccccc1. The zero-order chi connectivity index (χ0) is 14.9. The van der Waals surface area contributed by atoms with E-state index in [1.54, 1.807) is 60.7 Å². The minimum atomic E-state index is -4.53. The minimum absolute atomic E-state index is 0.484. The van der Waals surface area contributed by atoms with E-state index in [0.29, 0.717) is 11.1 Å². The van der Waals surface area contributed by atoms with E-state index in [2.05, 4.69) is 11.8 Å². The topological polar surface area (TPSA) is 12.5 Å². The van der Waals surface area contributed by atoms with E-state index in [1.807, 2.05) is 0 Å². The first kappa shape index (κ1) is 13.7. The lowest BCUT2D eigenvalue weighted by atomic mass is 9.99. The molecule has 0 bridgehead atoms. The summed E-state index contributed by atoms with van der Waals surface area (Å²) in [7, 11) is 0. The summed E-state index contributed by atoms with van der Waals surface area (Å²) in [4.78, 5) is 0. The second-order valence-corrected chi connectivity index (χ2v) is 4.76. The third-order valence-corrected chi connectivity index (χ3v) is 3.31. The summed E-state index contributed by atoms with van der Waals surface area (Å²) in [5, 5.41) is 0. The maximum absolute atomic E-state index is 13.3. The second kappa shape index (κ2) is 4.94. The summed E-state index contributed by atoms with van der Waals surface area (Å²) in [5.41, 5.74) is -1.38. The molecule has 0 amide bonds. The lowest BCUT2D eigenvalue weighted by Gasteiger charge is -2.10. The van der Waals surface area contributed by atoms with Crippen molar-refractivity contribution in [1.82, 2.24) is 0 Å². The van der Waals surface area contributed by atoms with Crippen LogP contribution in [0.3, 0.4) is 0 Å². The van der Waals surface area contributed by atoms with Crippen molar-refractivity contribution in [2.45, 2.75) is 17.9 Å². The Labute approximate surface area is 120 Å². The van der Waals surface area contributed by atoms with Crippen molar-refractivity contribution >= 4 is 0 Å². The summed E-state index contributed by atoms with van der Waals surface area (Å²) in [6.45, 7) is 0. The molecule has 1 heterocycles. The summed E-state index contributed by atoms with van der Waals surface area (Å²) in [6, 6.07) is 16.9. The van der Waals surface area contributed by atoms with Gasteiger partial charge in [-0.1, -0.05) is 54.5 Å². The third kappa shape index (κ3) is 2.53. The number of halogens is 3. The van der Waals surface area contributed by atoms with Crippen molar-refractivity contribution in [1.29, 1.82) is 0 Å². The molecule has 1 nitrogen and oxygen atoms in total. The molecule has 2 aromatic rings.